The number of ether oxygens (including phenoxy) is 1. The van der Waals surface area contributed by atoms with Crippen molar-refractivity contribution in [2.45, 2.75) is 24.7 Å². The van der Waals surface area contributed by atoms with E-state index < -0.39 is 10.0 Å². The number of aromatic nitrogens is 2. The Kier molecular flexibility index (Phi) is 7.49. The highest BCUT2D eigenvalue weighted by Crippen LogP contribution is 2.24. The Bertz CT molecular complexity index is 1190. The van der Waals surface area contributed by atoms with Crippen molar-refractivity contribution in [2.24, 2.45) is 0 Å². The van der Waals surface area contributed by atoms with Crippen molar-refractivity contribution in [3.05, 3.63) is 60.2 Å². The fraction of sp³-hybridized carbons (Fsp3) is 0.333. The van der Waals surface area contributed by atoms with Crippen LogP contribution in [0.5, 0.6) is 5.75 Å². The van der Waals surface area contributed by atoms with Gasteiger partial charge in [0.15, 0.2) is 0 Å². The van der Waals surface area contributed by atoms with Gasteiger partial charge in [0, 0.05) is 37.9 Å². The lowest BCUT2D eigenvalue weighted by atomic mass is 10.2. The molecule has 4 rings (SSSR count). The quantitative estimate of drug-likeness (QED) is 0.377. The number of nitrogens with one attached hydrogen (secondary N) is 3. The maximum absolute atomic E-state index is 12.5. The summed E-state index contributed by atoms with van der Waals surface area (Å²) in [5, 5.41) is 6.49. The fourth-order valence-corrected chi connectivity index (χ4v) is 4.70. The van der Waals surface area contributed by atoms with Crippen LogP contribution in [0.25, 0.3) is 0 Å². The van der Waals surface area contributed by atoms with Crippen LogP contribution >= 0.6 is 0 Å². The van der Waals surface area contributed by atoms with Crippen LogP contribution in [-0.2, 0) is 10.0 Å². The first kappa shape index (κ1) is 23.8. The summed E-state index contributed by atoms with van der Waals surface area (Å²) in [6.07, 6.45) is 2.28. The van der Waals surface area contributed by atoms with Crippen LogP contribution in [0, 0.1) is 6.92 Å². The van der Waals surface area contributed by atoms with Crippen molar-refractivity contribution in [1.29, 1.82) is 0 Å². The van der Waals surface area contributed by atoms with E-state index in [2.05, 4.69) is 30.2 Å². The predicted octanol–water partition coefficient (Wildman–Crippen LogP) is 3.53. The number of benzene rings is 2. The van der Waals surface area contributed by atoms with Gasteiger partial charge in [-0.1, -0.05) is 17.7 Å². The van der Waals surface area contributed by atoms with E-state index in [1.165, 1.54) is 24.8 Å². The molecule has 180 valence electrons. The van der Waals surface area contributed by atoms with Crippen LogP contribution in [-0.4, -0.2) is 51.7 Å². The minimum absolute atomic E-state index is 0.185. The van der Waals surface area contributed by atoms with Crippen LogP contribution in [0.4, 0.5) is 23.3 Å². The molecule has 0 atom stereocenters. The molecule has 0 spiro atoms. The topological polar surface area (TPSA) is 108 Å². The molecule has 9 nitrogen and oxygen atoms in total. The third kappa shape index (κ3) is 6.15. The lowest BCUT2D eigenvalue weighted by Crippen LogP contribution is -2.29. The van der Waals surface area contributed by atoms with Crippen molar-refractivity contribution in [3.8, 4) is 5.75 Å². The molecular weight excluding hydrogens is 452 g/mol. The Morgan fingerprint density at radius 3 is 2.35 bits per heavy atom. The molecule has 2 aromatic carbocycles. The highest BCUT2D eigenvalue weighted by Gasteiger charge is 2.17. The van der Waals surface area contributed by atoms with Gasteiger partial charge in [-0.25, -0.2) is 13.1 Å². The third-order valence-electron chi connectivity index (χ3n) is 5.54. The Morgan fingerprint density at radius 1 is 0.971 bits per heavy atom. The minimum atomic E-state index is -3.62. The van der Waals surface area contributed by atoms with Gasteiger partial charge in [0.1, 0.15) is 17.4 Å². The monoisotopic (exact) mass is 482 g/mol. The molecule has 0 saturated carbocycles. The molecule has 3 aromatic rings. The number of rotatable bonds is 10. The van der Waals surface area contributed by atoms with Gasteiger partial charge < -0.3 is 20.3 Å². The summed E-state index contributed by atoms with van der Waals surface area (Å²) in [7, 11) is -2.08. The first-order chi connectivity index (χ1) is 16.4. The number of aryl methyl sites for hydroxylation is 1. The van der Waals surface area contributed by atoms with E-state index in [9.17, 15) is 8.42 Å². The number of sulfonamides is 1. The van der Waals surface area contributed by atoms with Gasteiger partial charge in [-0.2, -0.15) is 9.97 Å². The van der Waals surface area contributed by atoms with Gasteiger partial charge in [-0.3, -0.25) is 0 Å². The molecule has 0 radical (unpaired) electrons. The van der Waals surface area contributed by atoms with E-state index in [4.69, 9.17) is 4.74 Å². The van der Waals surface area contributed by atoms with Gasteiger partial charge in [0.25, 0.3) is 0 Å². The average Bonchev–Trinajstić information content (AvgIpc) is 3.39. The van der Waals surface area contributed by atoms with Gasteiger partial charge >= 0.3 is 0 Å². The largest absolute Gasteiger partial charge is 0.497 e. The number of hydrogen-bond acceptors (Lipinski definition) is 8. The maximum atomic E-state index is 12.5. The van der Waals surface area contributed by atoms with E-state index >= 15 is 0 Å². The Balaban J connectivity index is 1.41. The summed E-state index contributed by atoms with van der Waals surface area (Å²) in [6.45, 7) is 4.49. The zero-order valence-electron chi connectivity index (χ0n) is 19.4. The van der Waals surface area contributed by atoms with E-state index in [1.807, 2.05) is 37.3 Å². The van der Waals surface area contributed by atoms with E-state index in [0.717, 1.165) is 37.4 Å². The van der Waals surface area contributed by atoms with E-state index in [0.29, 0.717) is 24.1 Å². The lowest BCUT2D eigenvalue weighted by Gasteiger charge is -2.19. The molecular formula is C24H30N6O3S. The maximum Gasteiger partial charge on any atom is 0.240 e. The summed E-state index contributed by atoms with van der Waals surface area (Å²) in [6, 6.07) is 16.3. The summed E-state index contributed by atoms with van der Waals surface area (Å²) >= 11 is 0. The number of hydrogen-bond donors (Lipinski definition) is 3. The van der Waals surface area contributed by atoms with Gasteiger partial charge in [-0.15, -0.1) is 0 Å². The summed E-state index contributed by atoms with van der Waals surface area (Å²) in [4.78, 5) is 11.7. The van der Waals surface area contributed by atoms with Crippen molar-refractivity contribution in [1.82, 2.24) is 14.7 Å². The molecule has 10 heteroatoms. The minimum Gasteiger partial charge on any atom is -0.497 e. The molecule has 1 fully saturated rings. The smallest absolute Gasteiger partial charge is 0.240 e. The summed E-state index contributed by atoms with van der Waals surface area (Å²) < 4.78 is 32.7. The second kappa shape index (κ2) is 10.7. The molecule has 3 N–H and O–H groups in total. The molecule has 1 aliphatic heterocycles. The molecule has 2 heterocycles. The van der Waals surface area contributed by atoms with Gasteiger partial charge in [0.2, 0.25) is 16.0 Å². The zero-order chi connectivity index (χ0) is 24.0. The SMILES string of the molecule is COc1ccc(S(=O)(=O)NCCNc2nc(Nc3ccc(C)cc3)cc(N3CCCC3)n2)cc1. The van der Waals surface area contributed by atoms with Crippen molar-refractivity contribution < 1.29 is 13.2 Å². The molecule has 1 aliphatic rings. The van der Waals surface area contributed by atoms with Gasteiger partial charge in [0.05, 0.1) is 12.0 Å². The zero-order valence-corrected chi connectivity index (χ0v) is 20.2. The second-order valence-corrected chi connectivity index (χ2v) is 9.89. The molecule has 1 saturated heterocycles. The Hall–Kier alpha value is -3.37. The summed E-state index contributed by atoms with van der Waals surface area (Å²) in [5.41, 5.74) is 2.13. The Labute approximate surface area is 200 Å². The van der Waals surface area contributed by atoms with Crippen LogP contribution in [0.3, 0.4) is 0 Å². The van der Waals surface area contributed by atoms with Crippen LogP contribution < -0.4 is 25.0 Å². The first-order valence-corrected chi connectivity index (χ1v) is 12.8. The molecule has 0 amide bonds. The van der Waals surface area contributed by atoms with Crippen molar-refractivity contribution in [3.63, 3.8) is 0 Å². The Morgan fingerprint density at radius 2 is 1.68 bits per heavy atom. The normalized spacial score (nSPS) is 13.6. The molecule has 0 aliphatic carbocycles. The number of methoxy groups -OCH3 is 1. The lowest BCUT2D eigenvalue weighted by molar-refractivity contribution is 0.414. The fourth-order valence-electron chi connectivity index (χ4n) is 3.67. The van der Waals surface area contributed by atoms with Crippen molar-refractivity contribution in [2.75, 3.05) is 48.8 Å². The highest BCUT2D eigenvalue weighted by atomic mass is 32.2. The molecule has 0 unspecified atom stereocenters. The first-order valence-electron chi connectivity index (χ1n) is 11.3. The van der Waals surface area contributed by atoms with Crippen LogP contribution in [0.2, 0.25) is 0 Å². The molecule has 1 aromatic heterocycles. The van der Waals surface area contributed by atoms with E-state index in [1.54, 1.807) is 12.1 Å². The van der Waals surface area contributed by atoms with Crippen LogP contribution in [0.15, 0.2) is 59.5 Å². The molecule has 0 bridgehead atoms. The van der Waals surface area contributed by atoms with E-state index in [-0.39, 0.29) is 11.4 Å². The van der Waals surface area contributed by atoms with Gasteiger partial charge in [-0.05, 0) is 56.2 Å². The van der Waals surface area contributed by atoms with Crippen molar-refractivity contribution >= 4 is 33.3 Å². The predicted molar refractivity (Wildman–Crippen MR) is 135 cm³/mol. The summed E-state index contributed by atoms with van der Waals surface area (Å²) in [5.74, 6) is 2.58. The number of anilines is 4. The second-order valence-electron chi connectivity index (χ2n) is 8.12. The number of nitrogens with zero attached hydrogens (tertiary/aromatic N) is 3. The standard InChI is InChI=1S/C24H30N6O3S/c1-18-5-7-19(8-6-18)27-22-17-23(30-15-3-4-16-30)29-24(28-22)25-13-14-26-34(31,32)21-11-9-20(33-2)10-12-21/h5-12,17,26H,3-4,13-16H2,1-2H3,(H2,25,27,28,29). The average molecular weight is 483 g/mol. The van der Waals surface area contributed by atoms with Crippen LogP contribution in [0.1, 0.15) is 18.4 Å². The third-order valence-corrected chi connectivity index (χ3v) is 7.01. The highest BCUT2D eigenvalue weighted by molar-refractivity contribution is 7.89. The molecule has 34 heavy (non-hydrogen) atoms.